The highest BCUT2D eigenvalue weighted by Gasteiger charge is 2.50. The first kappa shape index (κ1) is 23.4. The number of carboxylic acids is 1. The standard InChI is InChI=1S/C28H30FNO2/c1-19-16-20(2)23(24(29)17-19)18-28(26(31)32,27(3,4)5)30-25(21-12-8-6-9-13-21)22-14-10-7-11-15-22/h6-17H,18H2,1-5H3,(H,31,32)/t28-/m0/s1. The molecule has 0 bridgehead atoms. The molecular weight excluding hydrogens is 401 g/mol. The zero-order valence-electron chi connectivity index (χ0n) is 19.3. The highest BCUT2D eigenvalue weighted by molar-refractivity contribution is 6.13. The van der Waals surface area contributed by atoms with Crippen molar-refractivity contribution in [3.8, 4) is 0 Å². The minimum absolute atomic E-state index is 0.0487. The van der Waals surface area contributed by atoms with Gasteiger partial charge in [0.25, 0.3) is 0 Å². The Hall–Kier alpha value is -3.27. The minimum Gasteiger partial charge on any atom is -0.479 e. The van der Waals surface area contributed by atoms with Crippen molar-refractivity contribution in [1.29, 1.82) is 0 Å². The van der Waals surface area contributed by atoms with Gasteiger partial charge in [0, 0.05) is 17.5 Å². The third-order valence-electron chi connectivity index (χ3n) is 5.99. The molecule has 1 atom stereocenters. The van der Waals surface area contributed by atoms with E-state index in [4.69, 9.17) is 4.99 Å². The number of carbonyl (C=O) groups is 1. The van der Waals surface area contributed by atoms with Crippen LogP contribution < -0.4 is 0 Å². The summed E-state index contributed by atoms with van der Waals surface area (Å²) in [5.74, 6) is -1.47. The Morgan fingerprint density at radius 1 is 0.906 bits per heavy atom. The van der Waals surface area contributed by atoms with Crippen molar-refractivity contribution >= 4 is 11.7 Å². The average molecular weight is 432 g/mol. The molecule has 0 saturated carbocycles. The van der Waals surface area contributed by atoms with Gasteiger partial charge in [-0.25, -0.2) is 9.18 Å². The van der Waals surface area contributed by atoms with Crippen LogP contribution in [0, 0.1) is 25.1 Å². The number of carboxylic acid groups (broad SMARTS) is 1. The summed E-state index contributed by atoms with van der Waals surface area (Å²) in [5, 5.41) is 10.6. The molecule has 32 heavy (non-hydrogen) atoms. The Kier molecular flexibility index (Phi) is 6.63. The molecular formula is C28H30FNO2. The number of aliphatic imine (C=N–C) groups is 1. The van der Waals surface area contributed by atoms with Crippen molar-refractivity contribution in [2.75, 3.05) is 0 Å². The van der Waals surface area contributed by atoms with Crippen LogP contribution in [0.5, 0.6) is 0 Å². The lowest BCUT2D eigenvalue weighted by Gasteiger charge is -2.39. The van der Waals surface area contributed by atoms with Gasteiger partial charge in [0.2, 0.25) is 0 Å². The number of rotatable bonds is 6. The van der Waals surface area contributed by atoms with Crippen molar-refractivity contribution in [2.45, 2.75) is 46.6 Å². The van der Waals surface area contributed by atoms with Crippen LogP contribution in [0.4, 0.5) is 4.39 Å². The van der Waals surface area contributed by atoms with E-state index in [1.165, 1.54) is 6.07 Å². The van der Waals surface area contributed by atoms with E-state index in [1.54, 1.807) is 0 Å². The molecule has 166 valence electrons. The van der Waals surface area contributed by atoms with Gasteiger partial charge >= 0.3 is 5.97 Å². The molecule has 0 aliphatic carbocycles. The number of halogens is 1. The summed E-state index contributed by atoms with van der Waals surface area (Å²) >= 11 is 0. The van der Waals surface area contributed by atoms with Crippen LogP contribution in [-0.4, -0.2) is 22.3 Å². The zero-order valence-corrected chi connectivity index (χ0v) is 19.3. The highest BCUT2D eigenvalue weighted by atomic mass is 19.1. The van der Waals surface area contributed by atoms with Gasteiger partial charge in [-0.1, -0.05) is 87.5 Å². The maximum atomic E-state index is 15.0. The molecule has 3 rings (SSSR count). The van der Waals surface area contributed by atoms with Crippen molar-refractivity contribution in [2.24, 2.45) is 10.4 Å². The first-order chi connectivity index (χ1) is 15.0. The number of aliphatic carboxylic acids is 1. The quantitative estimate of drug-likeness (QED) is 0.460. The van der Waals surface area contributed by atoms with Crippen molar-refractivity contribution < 1.29 is 14.3 Å². The van der Waals surface area contributed by atoms with Crippen LogP contribution in [0.25, 0.3) is 0 Å². The summed E-state index contributed by atoms with van der Waals surface area (Å²) in [6, 6.07) is 22.4. The van der Waals surface area contributed by atoms with Crippen molar-refractivity contribution in [3.05, 3.63) is 106 Å². The molecule has 0 unspecified atom stereocenters. The highest BCUT2D eigenvalue weighted by Crippen LogP contribution is 2.40. The number of benzene rings is 3. The molecule has 3 nitrogen and oxygen atoms in total. The van der Waals surface area contributed by atoms with Crippen LogP contribution in [0.15, 0.2) is 77.8 Å². The Balaban J connectivity index is 2.32. The second-order valence-electron chi connectivity index (χ2n) is 9.33. The Morgan fingerprint density at radius 3 is 1.81 bits per heavy atom. The van der Waals surface area contributed by atoms with Crippen LogP contribution >= 0.6 is 0 Å². The third-order valence-corrected chi connectivity index (χ3v) is 5.99. The van der Waals surface area contributed by atoms with Crippen molar-refractivity contribution in [3.63, 3.8) is 0 Å². The molecule has 1 N–H and O–H groups in total. The lowest BCUT2D eigenvalue weighted by molar-refractivity contribution is -0.147. The molecule has 0 spiro atoms. The molecule has 0 fully saturated rings. The van der Waals surface area contributed by atoms with E-state index < -0.39 is 22.7 Å². The van der Waals surface area contributed by atoms with Gasteiger partial charge in [-0.2, -0.15) is 0 Å². The first-order valence-corrected chi connectivity index (χ1v) is 10.7. The number of nitrogens with zero attached hydrogens (tertiary/aromatic N) is 1. The second kappa shape index (κ2) is 9.07. The van der Waals surface area contributed by atoms with Gasteiger partial charge in [0.15, 0.2) is 5.54 Å². The van der Waals surface area contributed by atoms with Gasteiger partial charge in [-0.05, 0) is 42.0 Å². The lowest BCUT2D eigenvalue weighted by atomic mass is 9.69. The summed E-state index contributed by atoms with van der Waals surface area (Å²) in [6.07, 6.45) is -0.0487. The summed E-state index contributed by atoms with van der Waals surface area (Å²) in [5.41, 5.74) is 1.74. The molecule has 3 aromatic rings. The van der Waals surface area contributed by atoms with Gasteiger partial charge in [0.1, 0.15) is 5.82 Å². The molecule has 3 aromatic carbocycles. The van der Waals surface area contributed by atoms with E-state index in [0.717, 1.165) is 22.3 Å². The maximum absolute atomic E-state index is 15.0. The second-order valence-corrected chi connectivity index (χ2v) is 9.33. The fraction of sp³-hybridized carbons (Fsp3) is 0.286. The molecule has 0 amide bonds. The molecule has 4 heteroatoms. The fourth-order valence-electron chi connectivity index (χ4n) is 4.02. The Morgan fingerprint density at radius 2 is 1.41 bits per heavy atom. The Bertz CT molecular complexity index is 1070. The number of aryl methyl sites for hydroxylation is 2. The SMILES string of the molecule is Cc1cc(C)c(C[C@](N=C(c2ccccc2)c2ccccc2)(C(=O)O)C(C)(C)C)c(F)c1. The first-order valence-electron chi connectivity index (χ1n) is 10.7. The fourth-order valence-corrected chi connectivity index (χ4v) is 4.02. The summed E-state index contributed by atoms with van der Waals surface area (Å²) in [6.45, 7) is 9.19. The molecule has 0 aliphatic rings. The van der Waals surface area contributed by atoms with Crippen LogP contribution in [-0.2, 0) is 11.2 Å². The predicted molar refractivity (Wildman–Crippen MR) is 128 cm³/mol. The summed E-state index contributed by atoms with van der Waals surface area (Å²) in [7, 11) is 0. The van der Waals surface area contributed by atoms with E-state index in [-0.39, 0.29) is 6.42 Å². The molecule has 0 radical (unpaired) electrons. The monoisotopic (exact) mass is 431 g/mol. The van der Waals surface area contributed by atoms with E-state index in [2.05, 4.69) is 0 Å². The van der Waals surface area contributed by atoms with Crippen molar-refractivity contribution in [1.82, 2.24) is 0 Å². The summed E-state index contributed by atoms with van der Waals surface area (Å²) < 4.78 is 15.0. The van der Waals surface area contributed by atoms with Crippen LogP contribution in [0.1, 0.15) is 48.6 Å². The maximum Gasteiger partial charge on any atom is 0.332 e. The predicted octanol–water partition coefficient (Wildman–Crippen LogP) is 6.39. The zero-order chi connectivity index (χ0) is 23.5. The van der Waals surface area contributed by atoms with E-state index >= 15 is 4.39 Å². The molecule has 0 aromatic heterocycles. The smallest absolute Gasteiger partial charge is 0.332 e. The van der Waals surface area contributed by atoms with E-state index in [0.29, 0.717) is 11.3 Å². The van der Waals surface area contributed by atoms with Gasteiger partial charge in [-0.15, -0.1) is 0 Å². The normalized spacial score (nSPS) is 13.3. The van der Waals surface area contributed by atoms with Gasteiger partial charge < -0.3 is 5.11 Å². The topological polar surface area (TPSA) is 49.7 Å². The van der Waals surface area contributed by atoms with E-state index in [1.807, 2.05) is 101 Å². The van der Waals surface area contributed by atoms with Gasteiger partial charge in [-0.3, -0.25) is 4.99 Å². The largest absolute Gasteiger partial charge is 0.479 e. The minimum atomic E-state index is -1.59. The van der Waals surface area contributed by atoms with Gasteiger partial charge in [0.05, 0.1) is 5.71 Å². The third kappa shape index (κ3) is 4.64. The lowest BCUT2D eigenvalue weighted by Crippen LogP contribution is -2.51. The number of hydrogen-bond acceptors (Lipinski definition) is 2. The van der Waals surface area contributed by atoms with Crippen LogP contribution in [0.3, 0.4) is 0 Å². The molecule has 0 saturated heterocycles. The summed E-state index contributed by atoms with van der Waals surface area (Å²) in [4.78, 5) is 17.9. The van der Waals surface area contributed by atoms with Crippen LogP contribution in [0.2, 0.25) is 0 Å². The Labute approximate surface area is 189 Å². The molecule has 0 heterocycles. The van der Waals surface area contributed by atoms with E-state index in [9.17, 15) is 9.90 Å². The average Bonchev–Trinajstić information content (AvgIpc) is 2.73. The number of hydrogen-bond donors (Lipinski definition) is 1. The molecule has 0 aliphatic heterocycles.